The zero-order chi connectivity index (χ0) is 16.9. The number of hydrogen-bond acceptors (Lipinski definition) is 4. The number of nitriles is 2. The Kier molecular flexibility index (Phi) is 5.48. The lowest BCUT2D eigenvalue weighted by Gasteiger charge is -2.22. The highest BCUT2D eigenvalue weighted by molar-refractivity contribution is 5.72. The smallest absolute Gasteiger partial charge is 0.409 e. The predicted octanol–water partition coefficient (Wildman–Crippen LogP) is 3.34. The number of halogens is 1. The average Bonchev–Trinajstić information content (AvgIpc) is 2.49. The summed E-state index contributed by atoms with van der Waals surface area (Å²) >= 11 is 0. The summed E-state index contributed by atoms with van der Waals surface area (Å²) in [6, 6.07) is 6.12. The lowest BCUT2D eigenvalue weighted by atomic mass is 9.82. The van der Waals surface area contributed by atoms with Crippen LogP contribution in [0.3, 0.4) is 0 Å². The number of carbonyl (C=O) groups is 1. The molecular formula is C16H18FN3O2. The van der Waals surface area contributed by atoms with Crippen molar-refractivity contribution in [2.45, 2.75) is 33.1 Å². The molecule has 5 nitrogen and oxygen atoms in total. The fourth-order valence-electron chi connectivity index (χ4n) is 2.06. The van der Waals surface area contributed by atoms with Gasteiger partial charge in [-0.3, -0.25) is 0 Å². The summed E-state index contributed by atoms with van der Waals surface area (Å²) in [5.74, 6) is -0.718. The van der Waals surface area contributed by atoms with Crippen molar-refractivity contribution in [3.63, 3.8) is 0 Å². The standard InChI is InChI=1S/C16H18FN3O2/c1-5-20(6-2)15(21)22-13-8-7-12(17)14(11(13)9-18)16(3,4)10-19/h7-8H,5-6H2,1-4H3. The first kappa shape index (κ1) is 17.5. The Labute approximate surface area is 129 Å². The molecule has 1 aromatic carbocycles. The zero-order valence-electron chi connectivity index (χ0n) is 13.1. The van der Waals surface area contributed by atoms with E-state index < -0.39 is 17.3 Å². The Morgan fingerprint density at radius 2 is 1.91 bits per heavy atom. The topological polar surface area (TPSA) is 77.1 Å². The van der Waals surface area contributed by atoms with Crippen LogP contribution in [0.15, 0.2) is 12.1 Å². The molecule has 1 amide bonds. The van der Waals surface area contributed by atoms with Crippen LogP contribution in [-0.2, 0) is 5.41 Å². The molecule has 116 valence electrons. The Morgan fingerprint density at radius 3 is 2.36 bits per heavy atom. The van der Waals surface area contributed by atoms with E-state index in [-0.39, 0.29) is 16.9 Å². The quantitative estimate of drug-likeness (QED) is 0.854. The maximum absolute atomic E-state index is 14.1. The summed E-state index contributed by atoms with van der Waals surface area (Å²) in [5, 5.41) is 18.5. The first-order valence-corrected chi connectivity index (χ1v) is 6.93. The van der Waals surface area contributed by atoms with Gasteiger partial charge in [-0.15, -0.1) is 0 Å². The van der Waals surface area contributed by atoms with Crippen molar-refractivity contribution in [2.75, 3.05) is 13.1 Å². The fraction of sp³-hybridized carbons (Fsp3) is 0.438. The first-order valence-electron chi connectivity index (χ1n) is 6.93. The molecule has 0 spiro atoms. The number of ether oxygens (including phenoxy) is 1. The number of hydrogen-bond donors (Lipinski definition) is 0. The van der Waals surface area contributed by atoms with Crippen LogP contribution < -0.4 is 4.74 Å². The minimum absolute atomic E-state index is 0.0425. The molecule has 22 heavy (non-hydrogen) atoms. The Balaban J connectivity index is 3.36. The fourth-order valence-corrected chi connectivity index (χ4v) is 2.06. The van der Waals surface area contributed by atoms with Crippen molar-refractivity contribution in [2.24, 2.45) is 0 Å². The van der Waals surface area contributed by atoms with Gasteiger partial charge in [0, 0.05) is 18.7 Å². The van der Waals surface area contributed by atoms with Gasteiger partial charge in [0.05, 0.1) is 11.5 Å². The second kappa shape index (κ2) is 6.91. The summed E-state index contributed by atoms with van der Waals surface area (Å²) in [6.07, 6.45) is -0.617. The van der Waals surface area contributed by atoms with E-state index in [0.717, 1.165) is 6.07 Å². The van der Waals surface area contributed by atoms with Crippen LogP contribution in [-0.4, -0.2) is 24.1 Å². The van der Waals surface area contributed by atoms with Crippen LogP contribution in [0.5, 0.6) is 5.75 Å². The summed E-state index contributed by atoms with van der Waals surface area (Å²) in [4.78, 5) is 13.4. The molecular weight excluding hydrogens is 285 g/mol. The molecule has 0 aliphatic rings. The number of rotatable bonds is 4. The molecule has 0 aromatic heterocycles. The molecule has 0 bridgehead atoms. The molecule has 0 saturated heterocycles. The third-order valence-corrected chi connectivity index (χ3v) is 3.35. The average molecular weight is 303 g/mol. The Morgan fingerprint density at radius 1 is 1.32 bits per heavy atom. The first-order chi connectivity index (χ1) is 10.3. The van der Waals surface area contributed by atoms with E-state index in [1.165, 1.54) is 24.8 Å². The van der Waals surface area contributed by atoms with E-state index in [0.29, 0.717) is 13.1 Å². The van der Waals surface area contributed by atoms with Crippen LogP contribution in [0.1, 0.15) is 38.8 Å². The molecule has 0 heterocycles. The minimum Gasteiger partial charge on any atom is -0.409 e. The molecule has 0 radical (unpaired) electrons. The third kappa shape index (κ3) is 3.35. The van der Waals surface area contributed by atoms with Crippen LogP contribution >= 0.6 is 0 Å². The van der Waals surface area contributed by atoms with Crippen molar-refractivity contribution >= 4 is 6.09 Å². The van der Waals surface area contributed by atoms with Gasteiger partial charge in [-0.05, 0) is 39.8 Å². The van der Waals surface area contributed by atoms with Gasteiger partial charge < -0.3 is 9.64 Å². The molecule has 0 atom stereocenters. The number of benzene rings is 1. The van der Waals surface area contributed by atoms with E-state index in [2.05, 4.69) is 0 Å². The summed E-state index contributed by atoms with van der Waals surface area (Å²) < 4.78 is 19.3. The van der Waals surface area contributed by atoms with Gasteiger partial charge in [-0.25, -0.2) is 9.18 Å². The number of carbonyl (C=O) groups excluding carboxylic acids is 1. The number of amides is 1. The molecule has 0 aliphatic carbocycles. The van der Waals surface area contributed by atoms with Gasteiger partial charge in [0.25, 0.3) is 0 Å². The maximum Gasteiger partial charge on any atom is 0.415 e. The van der Waals surface area contributed by atoms with Gasteiger partial charge in [0.2, 0.25) is 0 Å². The molecule has 1 aromatic rings. The van der Waals surface area contributed by atoms with Gasteiger partial charge in [-0.2, -0.15) is 10.5 Å². The van der Waals surface area contributed by atoms with Crippen LogP contribution in [0.4, 0.5) is 9.18 Å². The van der Waals surface area contributed by atoms with Gasteiger partial charge >= 0.3 is 6.09 Å². The second-order valence-corrected chi connectivity index (χ2v) is 5.18. The van der Waals surface area contributed by atoms with Crippen molar-refractivity contribution in [3.8, 4) is 17.9 Å². The lowest BCUT2D eigenvalue weighted by molar-refractivity contribution is 0.157. The second-order valence-electron chi connectivity index (χ2n) is 5.18. The van der Waals surface area contributed by atoms with Crippen molar-refractivity contribution in [3.05, 3.63) is 29.1 Å². The van der Waals surface area contributed by atoms with Gasteiger partial charge in [0.1, 0.15) is 17.4 Å². The lowest BCUT2D eigenvalue weighted by Crippen LogP contribution is -2.33. The molecule has 6 heteroatoms. The van der Waals surface area contributed by atoms with Crippen LogP contribution in [0.2, 0.25) is 0 Å². The molecule has 0 fully saturated rings. The van der Waals surface area contributed by atoms with E-state index in [1.54, 1.807) is 13.8 Å². The molecule has 0 saturated carbocycles. The SMILES string of the molecule is CCN(CC)C(=O)Oc1ccc(F)c(C(C)(C)C#N)c1C#N. The van der Waals surface area contributed by atoms with E-state index in [4.69, 9.17) is 4.74 Å². The largest absolute Gasteiger partial charge is 0.415 e. The third-order valence-electron chi connectivity index (χ3n) is 3.35. The molecule has 1 rings (SSSR count). The normalized spacial score (nSPS) is 10.5. The Hall–Kier alpha value is -2.60. The van der Waals surface area contributed by atoms with Crippen molar-refractivity contribution < 1.29 is 13.9 Å². The van der Waals surface area contributed by atoms with Crippen molar-refractivity contribution in [1.82, 2.24) is 4.90 Å². The van der Waals surface area contributed by atoms with Gasteiger partial charge in [-0.1, -0.05) is 0 Å². The zero-order valence-corrected chi connectivity index (χ0v) is 13.1. The maximum atomic E-state index is 14.1. The molecule has 0 N–H and O–H groups in total. The summed E-state index contributed by atoms with van der Waals surface area (Å²) in [5.41, 5.74) is -1.42. The highest BCUT2D eigenvalue weighted by atomic mass is 19.1. The van der Waals surface area contributed by atoms with E-state index in [1.807, 2.05) is 12.1 Å². The minimum atomic E-state index is -1.22. The molecule has 0 unspecified atom stereocenters. The number of nitrogens with zero attached hydrogens (tertiary/aromatic N) is 3. The van der Waals surface area contributed by atoms with E-state index >= 15 is 0 Å². The van der Waals surface area contributed by atoms with E-state index in [9.17, 15) is 19.7 Å². The van der Waals surface area contributed by atoms with Gasteiger partial charge in [0.15, 0.2) is 5.75 Å². The van der Waals surface area contributed by atoms with Crippen LogP contribution in [0.25, 0.3) is 0 Å². The predicted molar refractivity (Wildman–Crippen MR) is 78.7 cm³/mol. The summed E-state index contributed by atoms with van der Waals surface area (Å²) in [6.45, 7) is 7.50. The highest BCUT2D eigenvalue weighted by Crippen LogP contribution is 2.33. The summed E-state index contributed by atoms with van der Waals surface area (Å²) in [7, 11) is 0. The van der Waals surface area contributed by atoms with Crippen molar-refractivity contribution in [1.29, 1.82) is 10.5 Å². The Bertz CT molecular complexity index is 653. The molecule has 0 aliphatic heterocycles. The van der Waals surface area contributed by atoms with Crippen LogP contribution in [0, 0.1) is 28.5 Å². The monoisotopic (exact) mass is 303 g/mol. The highest BCUT2D eigenvalue weighted by Gasteiger charge is 2.30.